The molecule has 2 rings (SSSR count). The Bertz CT molecular complexity index is 226. The van der Waals surface area contributed by atoms with E-state index in [-0.39, 0.29) is 24.2 Å². The SMILES string of the molecule is O=C(NC1(CO)CCC1)C1CCCCO1. The highest BCUT2D eigenvalue weighted by atomic mass is 16.5. The number of hydrogen-bond acceptors (Lipinski definition) is 3. The van der Waals surface area contributed by atoms with E-state index in [1.807, 2.05) is 0 Å². The molecule has 1 aliphatic carbocycles. The fourth-order valence-corrected chi connectivity index (χ4v) is 2.22. The summed E-state index contributed by atoms with van der Waals surface area (Å²) >= 11 is 0. The van der Waals surface area contributed by atoms with Crippen LogP contribution in [0.5, 0.6) is 0 Å². The van der Waals surface area contributed by atoms with Gasteiger partial charge in [-0.15, -0.1) is 0 Å². The van der Waals surface area contributed by atoms with Gasteiger partial charge in [0.05, 0.1) is 12.1 Å². The maximum absolute atomic E-state index is 11.8. The van der Waals surface area contributed by atoms with Crippen molar-refractivity contribution in [2.75, 3.05) is 13.2 Å². The van der Waals surface area contributed by atoms with E-state index in [1.54, 1.807) is 0 Å². The fourth-order valence-electron chi connectivity index (χ4n) is 2.22. The molecule has 1 unspecified atom stereocenters. The standard InChI is InChI=1S/C11H19NO3/c13-8-11(5-3-6-11)12-10(14)9-4-1-2-7-15-9/h9,13H,1-8H2,(H,12,14). The molecule has 1 saturated heterocycles. The number of carbonyl (C=O) groups excluding carboxylic acids is 1. The zero-order valence-corrected chi connectivity index (χ0v) is 9.00. The molecule has 1 amide bonds. The summed E-state index contributed by atoms with van der Waals surface area (Å²) in [5.74, 6) is -0.0385. The van der Waals surface area contributed by atoms with E-state index < -0.39 is 0 Å². The number of ether oxygens (including phenoxy) is 1. The van der Waals surface area contributed by atoms with Crippen LogP contribution in [0.4, 0.5) is 0 Å². The van der Waals surface area contributed by atoms with Gasteiger partial charge in [-0.3, -0.25) is 4.79 Å². The Hall–Kier alpha value is -0.610. The van der Waals surface area contributed by atoms with Gasteiger partial charge >= 0.3 is 0 Å². The number of rotatable bonds is 3. The average molecular weight is 213 g/mol. The van der Waals surface area contributed by atoms with Crippen molar-refractivity contribution in [2.45, 2.75) is 50.2 Å². The molecule has 2 aliphatic rings. The van der Waals surface area contributed by atoms with Crippen LogP contribution < -0.4 is 5.32 Å². The van der Waals surface area contributed by atoms with E-state index in [2.05, 4.69) is 5.32 Å². The van der Waals surface area contributed by atoms with Crippen molar-refractivity contribution in [3.8, 4) is 0 Å². The molecule has 15 heavy (non-hydrogen) atoms. The van der Waals surface area contributed by atoms with Gasteiger partial charge in [-0.05, 0) is 38.5 Å². The van der Waals surface area contributed by atoms with Gasteiger partial charge < -0.3 is 15.2 Å². The van der Waals surface area contributed by atoms with Crippen molar-refractivity contribution >= 4 is 5.91 Å². The third-order valence-electron chi connectivity index (χ3n) is 3.47. The summed E-state index contributed by atoms with van der Waals surface area (Å²) in [5.41, 5.74) is -0.335. The molecule has 1 saturated carbocycles. The van der Waals surface area contributed by atoms with Gasteiger partial charge in [-0.25, -0.2) is 0 Å². The van der Waals surface area contributed by atoms with Crippen molar-refractivity contribution in [2.24, 2.45) is 0 Å². The molecule has 4 nitrogen and oxygen atoms in total. The molecule has 0 aromatic heterocycles. The van der Waals surface area contributed by atoms with E-state index in [1.165, 1.54) is 0 Å². The Labute approximate surface area is 90.0 Å². The van der Waals surface area contributed by atoms with Crippen molar-refractivity contribution in [1.82, 2.24) is 5.32 Å². The summed E-state index contributed by atoms with van der Waals surface area (Å²) in [6, 6.07) is 0. The highest BCUT2D eigenvalue weighted by molar-refractivity contribution is 5.81. The average Bonchev–Trinajstić information content (AvgIpc) is 2.24. The molecule has 4 heteroatoms. The summed E-state index contributed by atoms with van der Waals surface area (Å²) in [6.07, 6.45) is 5.51. The zero-order chi connectivity index (χ0) is 10.7. The number of nitrogens with one attached hydrogen (secondary N) is 1. The van der Waals surface area contributed by atoms with Crippen LogP contribution in [0.3, 0.4) is 0 Å². The molecule has 1 heterocycles. The van der Waals surface area contributed by atoms with Crippen LogP contribution in [-0.4, -0.2) is 35.9 Å². The van der Waals surface area contributed by atoms with E-state index in [9.17, 15) is 9.90 Å². The minimum Gasteiger partial charge on any atom is -0.394 e. The van der Waals surface area contributed by atoms with Crippen LogP contribution in [0.25, 0.3) is 0 Å². The predicted molar refractivity (Wildman–Crippen MR) is 55.4 cm³/mol. The first kappa shape index (κ1) is 10.9. The van der Waals surface area contributed by atoms with Crippen LogP contribution in [0.15, 0.2) is 0 Å². The lowest BCUT2D eigenvalue weighted by atomic mass is 9.77. The second-order valence-corrected chi connectivity index (χ2v) is 4.64. The highest BCUT2D eigenvalue weighted by Gasteiger charge is 2.39. The van der Waals surface area contributed by atoms with Gasteiger partial charge in [-0.1, -0.05) is 0 Å². The second-order valence-electron chi connectivity index (χ2n) is 4.64. The first-order valence-electron chi connectivity index (χ1n) is 5.80. The smallest absolute Gasteiger partial charge is 0.249 e. The highest BCUT2D eigenvalue weighted by Crippen LogP contribution is 2.31. The normalized spacial score (nSPS) is 29.3. The maximum atomic E-state index is 11.8. The summed E-state index contributed by atoms with van der Waals surface area (Å²) in [5, 5.41) is 12.2. The Morgan fingerprint density at radius 1 is 1.40 bits per heavy atom. The maximum Gasteiger partial charge on any atom is 0.249 e. The fraction of sp³-hybridized carbons (Fsp3) is 0.909. The van der Waals surface area contributed by atoms with Crippen LogP contribution in [0.1, 0.15) is 38.5 Å². The van der Waals surface area contributed by atoms with Gasteiger partial charge in [0.1, 0.15) is 6.10 Å². The van der Waals surface area contributed by atoms with Gasteiger partial charge in [0.25, 0.3) is 0 Å². The molecular formula is C11H19NO3. The minimum absolute atomic E-state index is 0.0385. The lowest BCUT2D eigenvalue weighted by molar-refractivity contribution is -0.139. The topological polar surface area (TPSA) is 58.6 Å². The Morgan fingerprint density at radius 3 is 2.67 bits per heavy atom. The number of aliphatic hydroxyl groups excluding tert-OH is 1. The molecule has 1 atom stereocenters. The molecular weight excluding hydrogens is 194 g/mol. The number of carbonyl (C=O) groups is 1. The number of amides is 1. The predicted octanol–water partition coefficient (Wildman–Crippen LogP) is 0.587. The van der Waals surface area contributed by atoms with Crippen molar-refractivity contribution in [3.05, 3.63) is 0 Å². The van der Waals surface area contributed by atoms with E-state index >= 15 is 0 Å². The molecule has 0 aromatic rings. The lowest BCUT2D eigenvalue weighted by Crippen LogP contribution is -2.58. The summed E-state index contributed by atoms with van der Waals surface area (Å²) in [7, 11) is 0. The first-order valence-corrected chi connectivity index (χ1v) is 5.80. The van der Waals surface area contributed by atoms with Gasteiger partial charge in [0, 0.05) is 6.61 Å². The molecule has 0 radical (unpaired) electrons. The van der Waals surface area contributed by atoms with E-state index in [4.69, 9.17) is 4.74 Å². The van der Waals surface area contributed by atoms with Crippen LogP contribution in [0, 0.1) is 0 Å². The van der Waals surface area contributed by atoms with Gasteiger partial charge in [0.15, 0.2) is 0 Å². The lowest BCUT2D eigenvalue weighted by Gasteiger charge is -2.42. The summed E-state index contributed by atoms with van der Waals surface area (Å²) in [6.45, 7) is 0.732. The summed E-state index contributed by atoms with van der Waals surface area (Å²) < 4.78 is 5.41. The van der Waals surface area contributed by atoms with E-state index in [0.717, 1.165) is 38.5 Å². The second kappa shape index (κ2) is 4.49. The first-order chi connectivity index (χ1) is 7.26. The molecule has 1 aliphatic heterocycles. The third kappa shape index (κ3) is 2.32. The van der Waals surface area contributed by atoms with Gasteiger partial charge in [-0.2, -0.15) is 0 Å². The van der Waals surface area contributed by atoms with Crippen LogP contribution in [0.2, 0.25) is 0 Å². The Kier molecular flexibility index (Phi) is 3.26. The third-order valence-corrected chi connectivity index (χ3v) is 3.47. The van der Waals surface area contributed by atoms with Crippen molar-refractivity contribution < 1.29 is 14.6 Å². The molecule has 0 spiro atoms. The van der Waals surface area contributed by atoms with Gasteiger partial charge in [0.2, 0.25) is 5.91 Å². The quantitative estimate of drug-likeness (QED) is 0.721. The van der Waals surface area contributed by atoms with Crippen LogP contribution in [-0.2, 0) is 9.53 Å². The monoisotopic (exact) mass is 213 g/mol. The van der Waals surface area contributed by atoms with Crippen molar-refractivity contribution in [3.63, 3.8) is 0 Å². The molecule has 0 bridgehead atoms. The molecule has 0 aromatic carbocycles. The number of hydrogen-bond donors (Lipinski definition) is 2. The van der Waals surface area contributed by atoms with Crippen LogP contribution >= 0.6 is 0 Å². The molecule has 2 N–H and O–H groups in total. The largest absolute Gasteiger partial charge is 0.394 e. The molecule has 2 fully saturated rings. The minimum atomic E-state index is -0.335. The Morgan fingerprint density at radius 2 is 2.20 bits per heavy atom. The number of aliphatic hydroxyl groups is 1. The Balaban J connectivity index is 1.85. The zero-order valence-electron chi connectivity index (χ0n) is 9.00. The summed E-state index contributed by atoms with van der Waals surface area (Å²) in [4.78, 5) is 11.8. The molecule has 86 valence electrons. The van der Waals surface area contributed by atoms with Crippen molar-refractivity contribution in [1.29, 1.82) is 0 Å². The van der Waals surface area contributed by atoms with E-state index in [0.29, 0.717) is 6.61 Å².